The van der Waals surface area contributed by atoms with E-state index in [-0.39, 0.29) is 23.6 Å². The highest BCUT2D eigenvalue weighted by Crippen LogP contribution is 2.21. The zero-order valence-corrected chi connectivity index (χ0v) is 14.5. The molecular formula is C18H19ClN2O4. The summed E-state index contributed by atoms with van der Waals surface area (Å²) < 4.78 is 5.35. The number of benzene rings is 2. The molecule has 0 saturated heterocycles. The van der Waals surface area contributed by atoms with E-state index in [0.29, 0.717) is 18.1 Å². The SMILES string of the molecule is CCOc1ccc(CCC(=O)NNC(=O)c2cc(Cl)ccc2O)cc1. The van der Waals surface area contributed by atoms with Crippen molar-refractivity contribution < 1.29 is 19.4 Å². The van der Waals surface area contributed by atoms with Gasteiger partial charge in [0.05, 0.1) is 12.2 Å². The second kappa shape index (κ2) is 8.94. The zero-order chi connectivity index (χ0) is 18.2. The molecule has 0 fully saturated rings. The maximum Gasteiger partial charge on any atom is 0.273 e. The van der Waals surface area contributed by atoms with Crippen molar-refractivity contribution in [3.8, 4) is 11.5 Å². The van der Waals surface area contributed by atoms with Crippen LogP contribution in [0.4, 0.5) is 0 Å². The van der Waals surface area contributed by atoms with Gasteiger partial charge in [-0.15, -0.1) is 0 Å². The molecule has 0 saturated carbocycles. The van der Waals surface area contributed by atoms with E-state index in [9.17, 15) is 14.7 Å². The largest absolute Gasteiger partial charge is 0.507 e. The van der Waals surface area contributed by atoms with Gasteiger partial charge in [-0.25, -0.2) is 0 Å². The number of phenols is 1. The molecule has 0 unspecified atom stereocenters. The van der Waals surface area contributed by atoms with Crippen molar-refractivity contribution in [1.29, 1.82) is 0 Å². The second-order valence-corrected chi connectivity index (χ2v) is 5.68. The van der Waals surface area contributed by atoms with Gasteiger partial charge < -0.3 is 9.84 Å². The van der Waals surface area contributed by atoms with Crippen LogP contribution < -0.4 is 15.6 Å². The van der Waals surface area contributed by atoms with Gasteiger partial charge in [-0.05, 0) is 49.2 Å². The molecule has 0 aliphatic rings. The molecule has 3 N–H and O–H groups in total. The summed E-state index contributed by atoms with van der Waals surface area (Å²) in [4.78, 5) is 23.8. The van der Waals surface area contributed by atoms with E-state index >= 15 is 0 Å². The van der Waals surface area contributed by atoms with Gasteiger partial charge in [-0.3, -0.25) is 20.4 Å². The third-order valence-electron chi connectivity index (χ3n) is 3.39. The normalized spacial score (nSPS) is 10.2. The Morgan fingerprint density at radius 2 is 1.84 bits per heavy atom. The number of aromatic hydroxyl groups is 1. The molecule has 0 radical (unpaired) electrons. The molecular weight excluding hydrogens is 344 g/mol. The molecule has 25 heavy (non-hydrogen) atoms. The van der Waals surface area contributed by atoms with Gasteiger partial charge in [0.15, 0.2) is 0 Å². The fraction of sp³-hybridized carbons (Fsp3) is 0.222. The van der Waals surface area contributed by atoms with Crippen LogP contribution in [0.25, 0.3) is 0 Å². The third kappa shape index (κ3) is 5.69. The van der Waals surface area contributed by atoms with Crippen LogP contribution in [0.2, 0.25) is 5.02 Å². The average molecular weight is 363 g/mol. The summed E-state index contributed by atoms with van der Waals surface area (Å²) in [7, 11) is 0. The van der Waals surface area contributed by atoms with Gasteiger partial charge >= 0.3 is 0 Å². The van der Waals surface area contributed by atoms with E-state index < -0.39 is 5.91 Å². The van der Waals surface area contributed by atoms with Gasteiger partial charge in [0.2, 0.25) is 5.91 Å². The first-order valence-electron chi connectivity index (χ1n) is 7.79. The Morgan fingerprint density at radius 3 is 2.52 bits per heavy atom. The van der Waals surface area contributed by atoms with Crippen LogP contribution in [-0.2, 0) is 11.2 Å². The Bertz CT molecular complexity index is 747. The number of hydrogen-bond donors (Lipinski definition) is 3. The van der Waals surface area contributed by atoms with Crippen LogP contribution >= 0.6 is 11.6 Å². The first kappa shape index (κ1) is 18.6. The topological polar surface area (TPSA) is 87.7 Å². The van der Waals surface area contributed by atoms with E-state index in [2.05, 4.69) is 10.9 Å². The van der Waals surface area contributed by atoms with E-state index in [1.165, 1.54) is 18.2 Å². The predicted molar refractivity (Wildman–Crippen MR) is 94.7 cm³/mol. The highest BCUT2D eigenvalue weighted by Gasteiger charge is 2.12. The minimum Gasteiger partial charge on any atom is -0.507 e. The van der Waals surface area contributed by atoms with Crippen molar-refractivity contribution in [3.63, 3.8) is 0 Å². The molecule has 0 heterocycles. The highest BCUT2D eigenvalue weighted by molar-refractivity contribution is 6.31. The molecule has 0 aromatic heterocycles. The van der Waals surface area contributed by atoms with Crippen LogP contribution in [-0.4, -0.2) is 23.5 Å². The lowest BCUT2D eigenvalue weighted by atomic mass is 10.1. The summed E-state index contributed by atoms with van der Waals surface area (Å²) in [5.41, 5.74) is 5.53. The number of halogens is 1. The number of hydrogen-bond acceptors (Lipinski definition) is 4. The van der Waals surface area contributed by atoms with Crippen molar-refractivity contribution in [2.45, 2.75) is 19.8 Å². The zero-order valence-electron chi connectivity index (χ0n) is 13.7. The summed E-state index contributed by atoms with van der Waals surface area (Å²) in [5.74, 6) is -0.423. The van der Waals surface area contributed by atoms with Crippen LogP contribution in [0.15, 0.2) is 42.5 Å². The fourth-order valence-electron chi connectivity index (χ4n) is 2.12. The number of carbonyl (C=O) groups is 2. The maximum atomic E-state index is 11.9. The van der Waals surface area contributed by atoms with Gasteiger partial charge in [0, 0.05) is 11.4 Å². The number of amides is 2. The van der Waals surface area contributed by atoms with Crippen LogP contribution in [0.1, 0.15) is 29.3 Å². The molecule has 7 heteroatoms. The fourth-order valence-corrected chi connectivity index (χ4v) is 2.30. The van der Waals surface area contributed by atoms with Crippen LogP contribution in [0.5, 0.6) is 11.5 Å². The number of ether oxygens (including phenoxy) is 1. The van der Waals surface area contributed by atoms with Crippen LogP contribution in [0, 0.1) is 0 Å². The standard InChI is InChI=1S/C18H19ClN2O4/c1-2-25-14-7-3-12(4-8-14)5-10-17(23)20-21-18(24)15-11-13(19)6-9-16(15)22/h3-4,6-9,11,22H,2,5,10H2,1H3,(H,20,23)(H,21,24). The minimum absolute atomic E-state index is 0.0145. The van der Waals surface area contributed by atoms with E-state index in [0.717, 1.165) is 11.3 Å². The van der Waals surface area contributed by atoms with Crippen LogP contribution in [0.3, 0.4) is 0 Å². The average Bonchev–Trinajstić information content (AvgIpc) is 2.61. The maximum absolute atomic E-state index is 11.9. The Kier molecular flexibility index (Phi) is 6.65. The molecule has 0 bridgehead atoms. The third-order valence-corrected chi connectivity index (χ3v) is 3.63. The monoisotopic (exact) mass is 362 g/mol. The Hall–Kier alpha value is -2.73. The molecule has 0 spiro atoms. The number of hydrazine groups is 1. The molecule has 2 amide bonds. The Labute approximate surface area is 150 Å². The minimum atomic E-state index is -0.644. The second-order valence-electron chi connectivity index (χ2n) is 5.24. The molecule has 0 atom stereocenters. The molecule has 0 aliphatic carbocycles. The molecule has 0 aliphatic heterocycles. The van der Waals surface area contributed by atoms with Gasteiger partial charge in [-0.2, -0.15) is 0 Å². The highest BCUT2D eigenvalue weighted by atomic mass is 35.5. The number of nitrogens with one attached hydrogen (secondary N) is 2. The van der Waals surface area contributed by atoms with E-state index in [1.807, 2.05) is 31.2 Å². The molecule has 2 aromatic rings. The molecule has 2 aromatic carbocycles. The van der Waals surface area contributed by atoms with E-state index in [1.54, 1.807) is 0 Å². The van der Waals surface area contributed by atoms with Crippen molar-refractivity contribution >= 4 is 23.4 Å². The summed E-state index contributed by atoms with van der Waals surface area (Å²) in [6, 6.07) is 11.6. The lowest BCUT2D eigenvalue weighted by Gasteiger charge is -2.09. The lowest BCUT2D eigenvalue weighted by Crippen LogP contribution is -2.41. The number of carbonyl (C=O) groups excluding carboxylic acids is 2. The summed E-state index contributed by atoms with van der Waals surface area (Å²) in [6.45, 7) is 2.51. The van der Waals surface area contributed by atoms with Crippen molar-refractivity contribution in [2.75, 3.05) is 6.61 Å². The molecule has 2 rings (SSSR count). The van der Waals surface area contributed by atoms with Gasteiger partial charge in [0.25, 0.3) is 5.91 Å². The number of aryl methyl sites for hydroxylation is 1. The number of phenolic OH excluding ortho intramolecular Hbond substituents is 1. The quantitative estimate of drug-likeness (QED) is 0.689. The van der Waals surface area contributed by atoms with Gasteiger partial charge in [0.1, 0.15) is 11.5 Å². The van der Waals surface area contributed by atoms with E-state index in [4.69, 9.17) is 16.3 Å². The summed E-state index contributed by atoms with van der Waals surface area (Å²) >= 11 is 5.78. The summed E-state index contributed by atoms with van der Waals surface area (Å²) in [6.07, 6.45) is 0.728. The van der Waals surface area contributed by atoms with Gasteiger partial charge in [-0.1, -0.05) is 23.7 Å². The Morgan fingerprint density at radius 1 is 1.12 bits per heavy atom. The summed E-state index contributed by atoms with van der Waals surface area (Å²) in [5, 5.41) is 9.95. The van der Waals surface area contributed by atoms with Crippen molar-refractivity contribution in [3.05, 3.63) is 58.6 Å². The first-order valence-corrected chi connectivity index (χ1v) is 8.17. The smallest absolute Gasteiger partial charge is 0.273 e. The number of rotatable bonds is 6. The Balaban J connectivity index is 1.80. The molecule has 132 valence electrons. The van der Waals surface area contributed by atoms with Crippen molar-refractivity contribution in [2.24, 2.45) is 0 Å². The predicted octanol–water partition coefficient (Wildman–Crippen LogP) is 2.84. The van der Waals surface area contributed by atoms with Crippen molar-refractivity contribution in [1.82, 2.24) is 10.9 Å². The lowest BCUT2D eigenvalue weighted by molar-refractivity contribution is -0.121. The first-order chi connectivity index (χ1) is 12.0. The molecule has 6 nitrogen and oxygen atoms in total.